The Morgan fingerprint density at radius 2 is 1.62 bits per heavy atom. The Labute approximate surface area is 291 Å². The van der Waals surface area contributed by atoms with Crippen molar-refractivity contribution in [3.05, 3.63) is 47.1 Å². The number of allylic oxidation sites excluding steroid dienone is 5. The first-order valence-electron chi connectivity index (χ1n) is 18.3. The van der Waals surface area contributed by atoms with E-state index in [1.165, 1.54) is 12.8 Å². The molecule has 47 heavy (non-hydrogen) atoms. The van der Waals surface area contributed by atoms with E-state index < -0.39 is 22.4 Å². The number of carbonyl (C=O) groups is 1. The second-order valence-electron chi connectivity index (χ2n) is 19.3. The predicted molar refractivity (Wildman–Crippen MR) is 204 cm³/mol. The summed E-state index contributed by atoms with van der Waals surface area (Å²) in [4.78, 5) is 20.2. The molecule has 0 unspecified atom stereocenters. The highest BCUT2D eigenvalue weighted by Crippen LogP contribution is 2.56. The molecule has 0 heterocycles. The monoisotopic (exact) mass is 685 g/mol. The average Bonchev–Trinajstić information content (AvgIpc) is 3.23. The van der Waals surface area contributed by atoms with Gasteiger partial charge in [0.05, 0.1) is 12.6 Å². The highest BCUT2D eigenvalue weighted by atomic mass is 28.4. The van der Waals surface area contributed by atoms with Crippen molar-refractivity contribution in [2.24, 2.45) is 16.7 Å². The second-order valence-corrected chi connectivity index (χ2v) is 28.8. The van der Waals surface area contributed by atoms with Gasteiger partial charge in [-0.15, -0.1) is 0 Å². The molecule has 0 spiro atoms. The van der Waals surface area contributed by atoms with E-state index in [0.717, 1.165) is 30.4 Å². The molecule has 3 rings (SSSR count). The third-order valence-corrected chi connectivity index (χ3v) is 21.1. The quantitative estimate of drug-likeness (QED) is 0.105. The normalized spacial score (nSPS) is 29.7. The Kier molecular flexibility index (Phi) is 11.8. The van der Waals surface area contributed by atoms with Gasteiger partial charge in [0.1, 0.15) is 0 Å². The summed E-state index contributed by atoms with van der Waals surface area (Å²) < 4.78 is 14.6. The van der Waals surface area contributed by atoms with Crippen molar-refractivity contribution < 1.29 is 18.5 Å². The number of hydrogen-bond donors (Lipinski definition) is 0. The van der Waals surface area contributed by atoms with E-state index in [9.17, 15) is 4.79 Å². The van der Waals surface area contributed by atoms with Crippen molar-refractivity contribution in [1.82, 2.24) is 5.06 Å². The average molecular weight is 686 g/mol. The number of carbonyl (C=O) groups excluding carboxylic acids is 1. The molecule has 4 atom stereocenters. The maximum Gasteiger partial charge on any atom is 0.243 e. The van der Waals surface area contributed by atoms with Crippen LogP contribution >= 0.6 is 0 Å². The van der Waals surface area contributed by atoms with Crippen LogP contribution in [0.15, 0.2) is 47.1 Å². The van der Waals surface area contributed by atoms with Gasteiger partial charge in [-0.25, -0.2) is 9.90 Å². The third-order valence-electron chi connectivity index (χ3n) is 12.1. The molecular formula is C40H71NO4Si2. The van der Waals surface area contributed by atoms with E-state index in [4.69, 9.17) is 20.3 Å². The molecule has 268 valence electrons. The number of amides is 1. The molecule has 0 bridgehead atoms. The molecule has 0 N–H and O–H groups in total. The summed E-state index contributed by atoms with van der Waals surface area (Å²) in [5.74, 6) is -0.619. The lowest BCUT2D eigenvalue weighted by molar-refractivity contribution is -0.321. The van der Waals surface area contributed by atoms with Gasteiger partial charge >= 0.3 is 0 Å². The van der Waals surface area contributed by atoms with Gasteiger partial charge < -0.3 is 8.85 Å². The highest BCUT2D eigenvalue weighted by Gasteiger charge is 2.53. The molecule has 2 saturated carbocycles. The van der Waals surface area contributed by atoms with Gasteiger partial charge in [-0.2, -0.15) is 0 Å². The fourth-order valence-electron chi connectivity index (χ4n) is 7.18. The molecule has 3 aliphatic rings. The standard InChI is InChI=1S/C40H71NO4Si2/c1-18-33-23-24-34-31(20-19-25-39(33,34)13)21-22-32-26-40(45-47(16,17)38(10,11)12,44-41(30(3)42)28-36(4,5)6)27-35(29(32)2)43-46(14,15)37(7,8)9/h21-23,34-35H,2,18-20,24-28H2,1,3-17H3/t34-,35-,39+,40+/m0/s1. The SMILES string of the molecule is C=C1C(=CC=C2CCC[C@]3(C)C(CC)=CC[C@@H]23)C[C@@](ON(CC(C)(C)C)C(C)=O)(O[Si](C)(C)C(C)(C)C)C[C@@H]1O[Si](C)(C)C(C)(C)C. The molecule has 5 nitrogen and oxygen atoms in total. The molecule has 0 aliphatic heterocycles. The van der Waals surface area contributed by atoms with Crippen LogP contribution in [0, 0.1) is 16.7 Å². The van der Waals surface area contributed by atoms with Crippen LogP contribution in [-0.2, 0) is 18.5 Å². The Balaban J connectivity index is 2.19. The Hall–Kier alpha value is -1.26. The molecule has 0 saturated heterocycles. The summed E-state index contributed by atoms with van der Waals surface area (Å²) in [7, 11) is -4.59. The van der Waals surface area contributed by atoms with Crippen molar-refractivity contribution in [1.29, 1.82) is 0 Å². The first kappa shape index (κ1) is 40.2. The Morgan fingerprint density at radius 1 is 1.02 bits per heavy atom. The van der Waals surface area contributed by atoms with E-state index >= 15 is 0 Å². The minimum absolute atomic E-state index is 0.0249. The topological polar surface area (TPSA) is 48.0 Å². The summed E-state index contributed by atoms with van der Waals surface area (Å²) in [5.41, 5.74) is 5.42. The summed E-state index contributed by atoms with van der Waals surface area (Å²) in [6.07, 6.45) is 13.9. The lowest BCUT2D eigenvalue weighted by atomic mass is 9.64. The molecule has 0 aromatic rings. The van der Waals surface area contributed by atoms with Crippen molar-refractivity contribution in [3.8, 4) is 0 Å². The molecule has 0 aromatic heterocycles. The minimum Gasteiger partial charge on any atom is -0.410 e. The van der Waals surface area contributed by atoms with Gasteiger partial charge in [0.25, 0.3) is 0 Å². The Bertz CT molecular complexity index is 1270. The van der Waals surface area contributed by atoms with Gasteiger partial charge in [0, 0.05) is 19.8 Å². The van der Waals surface area contributed by atoms with Crippen LogP contribution in [0.3, 0.4) is 0 Å². The largest absolute Gasteiger partial charge is 0.410 e. The van der Waals surface area contributed by atoms with E-state index in [0.29, 0.717) is 25.3 Å². The van der Waals surface area contributed by atoms with E-state index in [2.05, 4.69) is 121 Å². The zero-order valence-electron chi connectivity index (χ0n) is 33.3. The molecule has 0 aromatic carbocycles. The Morgan fingerprint density at radius 3 is 2.13 bits per heavy atom. The number of hydrogen-bond acceptors (Lipinski definition) is 4. The summed E-state index contributed by atoms with van der Waals surface area (Å²) in [6, 6.07) is 0. The summed E-state index contributed by atoms with van der Waals surface area (Å²) in [6.45, 7) is 40.8. The number of rotatable bonds is 9. The van der Waals surface area contributed by atoms with Crippen LogP contribution in [0.4, 0.5) is 0 Å². The van der Waals surface area contributed by atoms with Crippen LogP contribution in [-0.4, -0.2) is 46.0 Å². The van der Waals surface area contributed by atoms with Crippen LogP contribution in [0.25, 0.3) is 0 Å². The predicted octanol–water partition coefficient (Wildman–Crippen LogP) is 11.7. The van der Waals surface area contributed by atoms with E-state index in [-0.39, 0.29) is 32.9 Å². The van der Waals surface area contributed by atoms with Crippen LogP contribution in [0.1, 0.15) is 128 Å². The fraction of sp³-hybridized carbons (Fsp3) is 0.775. The summed E-state index contributed by atoms with van der Waals surface area (Å²) >= 11 is 0. The van der Waals surface area contributed by atoms with E-state index in [1.54, 1.807) is 23.1 Å². The molecule has 1 amide bonds. The maximum absolute atomic E-state index is 13.2. The van der Waals surface area contributed by atoms with Crippen molar-refractivity contribution in [2.75, 3.05) is 6.54 Å². The van der Waals surface area contributed by atoms with Crippen LogP contribution in [0.2, 0.25) is 36.3 Å². The highest BCUT2D eigenvalue weighted by molar-refractivity contribution is 6.74. The first-order valence-corrected chi connectivity index (χ1v) is 24.1. The second kappa shape index (κ2) is 13.8. The van der Waals surface area contributed by atoms with Gasteiger partial charge in [0.2, 0.25) is 5.91 Å². The van der Waals surface area contributed by atoms with Crippen molar-refractivity contribution in [3.63, 3.8) is 0 Å². The van der Waals surface area contributed by atoms with Crippen LogP contribution < -0.4 is 0 Å². The third kappa shape index (κ3) is 9.11. The molecule has 0 radical (unpaired) electrons. The fourth-order valence-corrected chi connectivity index (χ4v) is 9.90. The van der Waals surface area contributed by atoms with Crippen LogP contribution in [0.5, 0.6) is 0 Å². The number of nitrogens with zero attached hydrogens (tertiary/aromatic N) is 1. The van der Waals surface area contributed by atoms with Gasteiger partial charge in [0.15, 0.2) is 22.4 Å². The number of fused-ring (bicyclic) bond motifs is 1. The molecule has 2 fully saturated rings. The van der Waals surface area contributed by atoms with Gasteiger partial charge in [-0.05, 0) is 96.3 Å². The maximum atomic E-state index is 13.2. The number of hydroxylamine groups is 2. The zero-order valence-corrected chi connectivity index (χ0v) is 35.3. The van der Waals surface area contributed by atoms with Gasteiger partial charge in [-0.3, -0.25) is 4.79 Å². The van der Waals surface area contributed by atoms with Gasteiger partial charge in [-0.1, -0.05) is 112 Å². The van der Waals surface area contributed by atoms with Crippen molar-refractivity contribution in [2.45, 2.75) is 176 Å². The summed E-state index contributed by atoms with van der Waals surface area (Å²) in [5, 5.41) is 1.53. The lowest BCUT2D eigenvalue weighted by Crippen LogP contribution is -2.58. The molecule has 7 heteroatoms. The smallest absolute Gasteiger partial charge is 0.243 e. The molecule has 3 aliphatic carbocycles. The molecular weight excluding hydrogens is 615 g/mol. The minimum atomic E-state index is -2.38. The zero-order chi connectivity index (χ0) is 36.0. The first-order chi connectivity index (χ1) is 21.2. The van der Waals surface area contributed by atoms with Crippen molar-refractivity contribution >= 4 is 22.5 Å². The lowest BCUT2D eigenvalue weighted by Gasteiger charge is -2.51. The van der Waals surface area contributed by atoms with E-state index in [1.807, 2.05) is 0 Å².